The lowest BCUT2D eigenvalue weighted by molar-refractivity contribution is -0.145. The molecule has 2 aliphatic carbocycles. The molecule has 3 heterocycles. The molecule has 3 aliphatic rings. The van der Waals surface area contributed by atoms with E-state index in [9.17, 15) is 33.1 Å². The number of alkyl halides is 1. The highest BCUT2D eigenvalue weighted by atomic mass is 32.1. The molecule has 4 N–H and O–H groups in total. The number of nitrogens with zero attached hydrogens (tertiary/aromatic N) is 3. The Morgan fingerprint density at radius 2 is 1.66 bits per heavy atom. The smallest absolute Gasteiger partial charge is 0.258 e. The molecule has 5 aromatic rings. The van der Waals surface area contributed by atoms with Gasteiger partial charge in [-0.3, -0.25) is 24.2 Å². The van der Waals surface area contributed by atoms with E-state index in [2.05, 4.69) is 25.9 Å². The van der Waals surface area contributed by atoms with Crippen molar-refractivity contribution in [1.82, 2.24) is 25.5 Å². The van der Waals surface area contributed by atoms with Crippen LogP contribution >= 0.6 is 11.3 Å². The second kappa shape index (κ2) is 22.2. The van der Waals surface area contributed by atoms with E-state index >= 15 is 0 Å². The van der Waals surface area contributed by atoms with Gasteiger partial charge in [-0.2, -0.15) is 0 Å². The Morgan fingerprint density at radius 1 is 0.930 bits per heavy atom. The summed E-state index contributed by atoms with van der Waals surface area (Å²) >= 11 is 1.50. The quantitative estimate of drug-likeness (QED) is 0.0587. The molecule has 71 heavy (non-hydrogen) atoms. The van der Waals surface area contributed by atoms with Gasteiger partial charge in [-0.1, -0.05) is 39.8 Å². The predicted molar refractivity (Wildman–Crippen MR) is 267 cm³/mol. The van der Waals surface area contributed by atoms with Gasteiger partial charge < -0.3 is 40.2 Å². The minimum atomic E-state index is -1.98. The topological polar surface area (TPSA) is 181 Å². The molecule has 4 amide bonds. The van der Waals surface area contributed by atoms with Crippen molar-refractivity contribution < 1.29 is 47.3 Å². The van der Waals surface area contributed by atoms with Gasteiger partial charge in [0.2, 0.25) is 17.7 Å². The molecule has 0 spiro atoms. The van der Waals surface area contributed by atoms with Gasteiger partial charge in [0.15, 0.2) is 5.67 Å². The number of aromatic nitrogens is 2. The van der Waals surface area contributed by atoms with Crippen molar-refractivity contribution in [2.45, 2.75) is 116 Å². The minimum absolute atomic E-state index is 0.00775. The highest BCUT2D eigenvalue weighted by Crippen LogP contribution is 2.42. The molecule has 1 aliphatic heterocycles. The Kier molecular flexibility index (Phi) is 16.0. The average Bonchev–Trinajstić information content (AvgIpc) is 3.76. The molecule has 14 nitrogen and oxygen atoms in total. The highest BCUT2D eigenvalue weighted by Gasteiger charge is 2.53. The van der Waals surface area contributed by atoms with E-state index in [1.165, 1.54) is 22.3 Å². The van der Waals surface area contributed by atoms with Crippen LogP contribution in [-0.4, -0.2) is 100 Å². The monoisotopic (exact) mass is 994 g/mol. The third-order valence-electron chi connectivity index (χ3n) is 14.1. The lowest BCUT2D eigenvalue weighted by atomic mass is 9.73. The molecule has 378 valence electrons. The number of hydrogen-bond donors (Lipinski definition) is 4. The van der Waals surface area contributed by atoms with Crippen LogP contribution < -0.4 is 25.4 Å². The van der Waals surface area contributed by atoms with Crippen LogP contribution in [-0.2, 0) is 30.5 Å². The van der Waals surface area contributed by atoms with Gasteiger partial charge in [0.25, 0.3) is 5.91 Å². The fourth-order valence-corrected chi connectivity index (χ4v) is 10.4. The molecule has 8 rings (SSSR count). The van der Waals surface area contributed by atoms with Crippen LogP contribution in [0.1, 0.15) is 95.4 Å². The number of benzene rings is 3. The Balaban J connectivity index is 0.785. The number of β-amino-alcohol motifs (C(OH)–C–C–N with tert-alkyl or cyclic N) is 1. The molecule has 0 unspecified atom stereocenters. The van der Waals surface area contributed by atoms with Crippen molar-refractivity contribution >= 4 is 51.6 Å². The van der Waals surface area contributed by atoms with E-state index in [0.29, 0.717) is 28.7 Å². The van der Waals surface area contributed by atoms with Crippen LogP contribution in [0.5, 0.6) is 11.5 Å². The molecular weight excluding hydrogens is 931 g/mol. The molecule has 3 fully saturated rings. The first kappa shape index (κ1) is 51.3. The second-order valence-corrected chi connectivity index (χ2v) is 21.1. The Labute approximate surface area is 417 Å². The van der Waals surface area contributed by atoms with Crippen LogP contribution in [0.15, 0.2) is 78.4 Å². The number of nitrogens with one attached hydrogen (secondary N) is 3. The number of halogens is 2. The SMILES string of the molecule is Cc1ncsc1-c1ccc(CNC(=O)[C@@H]2C[C@@H](O)CN2C(=O)[C@@H](NC(=O)C2(F)CC2)C(C)(C)C)c(OCCOCCOc2ccc(NC(=O)[C@H](C)C3CCC(c4ccnc5ccc(F)cc45)CC3)cc2)c1. The van der Waals surface area contributed by atoms with Crippen LogP contribution in [0, 0.1) is 30.0 Å². The second-order valence-electron chi connectivity index (χ2n) is 20.2. The van der Waals surface area contributed by atoms with Crippen molar-refractivity contribution in [2.24, 2.45) is 17.3 Å². The number of hydrogen-bond acceptors (Lipinski definition) is 11. The summed E-state index contributed by atoms with van der Waals surface area (Å²) < 4.78 is 46.7. The van der Waals surface area contributed by atoms with Crippen molar-refractivity contribution in [1.29, 1.82) is 0 Å². The number of carbonyl (C=O) groups is 4. The number of aliphatic hydroxyl groups is 1. The standard InChI is InChI=1S/C54H64F2N6O8S/c1-32(34-6-8-35(9-7-34)42-18-21-57-44-17-12-38(55)27-43(42)44)49(64)60-39-13-15-41(16-14-39)69-24-22-68-23-25-70-46-26-36(47-33(2)59-31-71-47)10-11-37(46)29-58-50(65)45-28-40(63)30-62(45)51(66)48(53(3,4)5)61-52(67)54(56)19-20-54/h10-18,21,26-27,31-32,34-35,40,45,48,63H,6-9,19-20,22-25,28-30H2,1-5H3,(H,58,65)(H,60,64)(H,61,67)/t32-,34?,35?,40-,45+,48-/m1/s1. The van der Waals surface area contributed by atoms with Crippen molar-refractivity contribution in [3.63, 3.8) is 0 Å². The van der Waals surface area contributed by atoms with Gasteiger partial charge in [-0.25, -0.2) is 13.8 Å². The third kappa shape index (κ3) is 12.5. The van der Waals surface area contributed by atoms with Crippen LogP contribution in [0.25, 0.3) is 21.3 Å². The van der Waals surface area contributed by atoms with Gasteiger partial charge >= 0.3 is 0 Å². The first-order valence-electron chi connectivity index (χ1n) is 24.6. The van der Waals surface area contributed by atoms with Crippen LogP contribution in [0.3, 0.4) is 0 Å². The van der Waals surface area contributed by atoms with E-state index in [1.54, 1.807) is 56.7 Å². The first-order chi connectivity index (χ1) is 34.0. The number of rotatable bonds is 19. The molecule has 3 aromatic carbocycles. The summed E-state index contributed by atoms with van der Waals surface area (Å²) in [4.78, 5) is 64.7. The summed E-state index contributed by atoms with van der Waals surface area (Å²) in [6.07, 6.45) is 4.72. The van der Waals surface area contributed by atoms with Gasteiger partial charge in [0, 0.05) is 48.3 Å². The summed E-state index contributed by atoms with van der Waals surface area (Å²) in [6.45, 7) is 10.1. The fourth-order valence-electron chi connectivity index (χ4n) is 9.63. The van der Waals surface area contributed by atoms with E-state index in [-0.39, 0.29) is 82.3 Å². The number of amides is 4. The Hall–Kier alpha value is -6.04. The van der Waals surface area contributed by atoms with Crippen LogP contribution in [0.4, 0.5) is 14.5 Å². The van der Waals surface area contributed by atoms with Crippen molar-refractivity contribution in [2.75, 3.05) is 38.3 Å². The van der Waals surface area contributed by atoms with Crippen molar-refractivity contribution in [3.05, 3.63) is 101 Å². The Bertz CT molecular complexity index is 2700. The summed E-state index contributed by atoms with van der Waals surface area (Å²) in [6, 6.07) is 17.5. The Morgan fingerprint density at radius 3 is 2.35 bits per heavy atom. The lowest BCUT2D eigenvalue weighted by Crippen LogP contribution is -2.59. The maximum absolute atomic E-state index is 14.6. The van der Waals surface area contributed by atoms with Crippen molar-refractivity contribution in [3.8, 4) is 21.9 Å². The molecule has 4 atom stereocenters. The number of ether oxygens (including phenoxy) is 3. The van der Waals surface area contributed by atoms with E-state index in [1.807, 2.05) is 50.2 Å². The maximum atomic E-state index is 14.6. The zero-order valence-corrected chi connectivity index (χ0v) is 41.8. The van der Waals surface area contributed by atoms with Gasteiger partial charge in [0.05, 0.1) is 40.9 Å². The number of pyridine rings is 1. The first-order valence-corrected chi connectivity index (χ1v) is 25.4. The summed E-state index contributed by atoms with van der Waals surface area (Å²) in [5.41, 5.74) is 4.04. The molecule has 17 heteroatoms. The number of carbonyl (C=O) groups excluding carboxylic acids is 4. The maximum Gasteiger partial charge on any atom is 0.258 e. The van der Waals surface area contributed by atoms with E-state index in [0.717, 1.165) is 58.3 Å². The van der Waals surface area contributed by atoms with Gasteiger partial charge in [0.1, 0.15) is 42.6 Å². The number of aryl methyl sites for hydroxylation is 1. The molecule has 0 bridgehead atoms. The molecule has 2 aromatic heterocycles. The molecule has 2 saturated carbocycles. The fraction of sp³-hybridized carbons (Fsp3) is 0.481. The lowest BCUT2D eigenvalue weighted by Gasteiger charge is -2.35. The molecule has 0 radical (unpaired) electrons. The number of thiazole rings is 1. The summed E-state index contributed by atoms with van der Waals surface area (Å²) in [5, 5.41) is 20.1. The van der Waals surface area contributed by atoms with E-state index in [4.69, 9.17) is 14.2 Å². The average molecular weight is 995 g/mol. The summed E-state index contributed by atoms with van der Waals surface area (Å²) in [7, 11) is 0. The minimum Gasteiger partial charge on any atom is -0.491 e. The van der Waals surface area contributed by atoms with E-state index < -0.39 is 47.0 Å². The number of likely N-dealkylation sites (tertiary alicyclic amines) is 1. The normalized spacial score (nSPS) is 20.5. The zero-order valence-electron chi connectivity index (χ0n) is 41.0. The largest absolute Gasteiger partial charge is 0.491 e. The zero-order chi connectivity index (χ0) is 50.5. The summed E-state index contributed by atoms with van der Waals surface area (Å²) in [5.74, 6) is -0.635. The molecule has 1 saturated heterocycles. The number of fused-ring (bicyclic) bond motifs is 1. The van der Waals surface area contributed by atoms with Gasteiger partial charge in [-0.15, -0.1) is 11.3 Å². The van der Waals surface area contributed by atoms with Gasteiger partial charge in [-0.05, 0) is 128 Å². The third-order valence-corrected chi connectivity index (χ3v) is 15.0. The predicted octanol–water partition coefficient (Wildman–Crippen LogP) is 8.44. The molecular formula is C54H64F2N6O8S. The highest BCUT2D eigenvalue weighted by molar-refractivity contribution is 7.13. The number of aliphatic hydroxyl groups excluding tert-OH is 1. The number of anilines is 1. The van der Waals surface area contributed by atoms with Crippen LogP contribution in [0.2, 0.25) is 0 Å².